The van der Waals surface area contributed by atoms with Gasteiger partial charge in [-0.25, -0.2) is 0 Å². The fourth-order valence-electron chi connectivity index (χ4n) is 1.84. The molecule has 3 heteroatoms. The number of halogens is 2. The van der Waals surface area contributed by atoms with Crippen LogP contribution >= 0.6 is 27.5 Å². The molecule has 90 valence electrons. The molecule has 0 amide bonds. The Kier molecular flexibility index (Phi) is 6.22. The van der Waals surface area contributed by atoms with Crippen LogP contribution in [-0.4, -0.2) is 13.1 Å². The van der Waals surface area contributed by atoms with Crippen molar-refractivity contribution in [3.63, 3.8) is 0 Å². The average Bonchev–Trinajstić information content (AvgIpc) is 2.29. The van der Waals surface area contributed by atoms with E-state index in [-0.39, 0.29) is 0 Å². The van der Waals surface area contributed by atoms with E-state index in [1.165, 1.54) is 11.3 Å². The van der Waals surface area contributed by atoms with Crippen LogP contribution in [0.5, 0.6) is 0 Å². The van der Waals surface area contributed by atoms with Gasteiger partial charge >= 0.3 is 0 Å². The molecule has 0 aliphatic carbocycles. The van der Waals surface area contributed by atoms with Crippen molar-refractivity contribution in [2.75, 3.05) is 18.0 Å². The molecule has 0 unspecified atom stereocenters. The second-order valence-electron chi connectivity index (χ2n) is 3.89. The largest absolute Gasteiger partial charge is 0.371 e. The third-order valence-corrected chi connectivity index (χ3v) is 3.36. The highest BCUT2D eigenvalue weighted by atomic mass is 79.9. The minimum Gasteiger partial charge on any atom is -0.371 e. The van der Waals surface area contributed by atoms with Gasteiger partial charge in [-0.3, -0.25) is 0 Å². The van der Waals surface area contributed by atoms with Gasteiger partial charge in [0.2, 0.25) is 0 Å². The summed E-state index contributed by atoms with van der Waals surface area (Å²) in [6.45, 7) is 6.60. The molecule has 0 aliphatic heterocycles. The van der Waals surface area contributed by atoms with Gasteiger partial charge in [0.25, 0.3) is 0 Å². The Morgan fingerprint density at radius 2 is 1.81 bits per heavy atom. The predicted molar refractivity (Wildman–Crippen MR) is 76.9 cm³/mol. The second-order valence-corrected chi connectivity index (χ2v) is 4.89. The first kappa shape index (κ1) is 13.9. The van der Waals surface area contributed by atoms with Gasteiger partial charge < -0.3 is 4.90 Å². The molecule has 0 fully saturated rings. The number of hydrogen-bond acceptors (Lipinski definition) is 1. The molecule has 0 aromatic heterocycles. The minimum absolute atomic E-state index is 0.817. The Morgan fingerprint density at radius 1 is 1.19 bits per heavy atom. The summed E-state index contributed by atoms with van der Waals surface area (Å²) in [4.78, 5) is 2.42. The zero-order valence-corrected chi connectivity index (χ0v) is 12.3. The lowest BCUT2D eigenvalue weighted by molar-refractivity contribution is 0.742. The maximum Gasteiger partial charge on any atom is 0.0426 e. The SMILES string of the molecule is CCCN(CCC)c1cc(Cl)ccc1CBr. The van der Waals surface area contributed by atoms with Gasteiger partial charge in [0.1, 0.15) is 0 Å². The maximum atomic E-state index is 6.08. The minimum atomic E-state index is 0.817. The molecule has 0 atom stereocenters. The number of anilines is 1. The highest BCUT2D eigenvalue weighted by Crippen LogP contribution is 2.27. The molecule has 0 N–H and O–H groups in total. The van der Waals surface area contributed by atoms with Gasteiger partial charge in [-0.2, -0.15) is 0 Å². The highest BCUT2D eigenvalue weighted by molar-refractivity contribution is 9.08. The number of rotatable bonds is 6. The fourth-order valence-corrected chi connectivity index (χ4v) is 2.48. The summed E-state index contributed by atoms with van der Waals surface area (Å²) in [6, 6.07) is 6.13. The summed E-state index contributed by atoms with van der Waals surface area (Å²) in [5.74, 6) is 0. The van der Waals surface area contributed by atoms with E-state index >= 15 is 0 Å². The van der Waals surface area contributed by atoms with Crippen molar-refractivity contribution in [2.24, 2.45) is 0 Å². The van der Waals surface area contributed by atoms with Gasteiger partial charge in [0, 0.05) is 29.1 Å². The molecule has 0 aliphatic rings. The van der Waals surface area contributed by atoms with Crippen LogP contribution < -0.4 is 4.90 Å². The number of alkyl halides is 1. The topological polar surface area (TPSA) is 3.24 Å². The third kappa shape index (κ3) is 3.67. The molecular formula is C13H19BrClN. The van der Waals surface area contributed by atoms with Crippen LogP contribution in [0, 0.1) is 0 Å². The first-order valence-electron chi connectivity index (χ1n) is 5.82. The van der Waals surface area contributed by atoms with E-state index in [1.54, 1.807) is 0 Å². The molecule has 0 bridgehead atoms. The fraction of sp³-hybridized carbons (Fsp3) is 0.538. The van der Waals surface area contributed by atoms with Gasteiger partial charge in [-0.15, -0.1) is 0 Å². The number of hydrogen-bond donors (Lipinski definition) is 0. The Bertz CT molecular complexity index is 322. The molecule has 0 radical (unpaired) electrons. The summed E-state index contributed by atoms with van der Waals surface area (Å²) in [6.07, 6.45) is 2.32. The van der Waals surface area contributed by atoms with Crippen LogP contribution in [0.1, 0.15) is 32.3 Å². The number of benzene rings is 1. The molecule has 0 spiro atoms. The van der Waals surface area contributed by atoms with Crippen LogP contribution in [0.4, 0.5) is 5.69 Å². The van der Waals surface area contributed by atoms with Gasteiger partial charge in [0.15, 0.2) is 0 Å². The molecule has 0 saturated carbocycles. The summed E-state index contributed by atoms with van der Waals surface area (Å²) in [7, 11) is 0. The second kappa shape index (κ2) is 7.18. The number of nitrogens with zero attached hydrogens (tertiary/aromatic N) is 1. The van der Waals surface area contributed by atoms with Crippen LogP contribution in [0.2, 0.25) is 5.02 Å². The smallest absolute Gasteiger partial charge is 0.0426 e. The van der Waals surface area contributed by atoms with Crippen molar-refractivity contribution in [1.82, 2.24) is 0 Å². The van der Waals surface area contributed by atoms with E-state index in [2.05, 4.69) is 46.8 Å². The molecule has 0 heterocycles. The first-order valence-corrected chi connectivity index (χ1v) is 7.32. The summed E-state index contributed by atoms with van der Waals surface area (Å²) >= 11 is 9.61. The van der Waals surface area contributed by atoms with Crippen LogP contribution in [0.25, 0.3) is 0 Å². The van der Waals surface area contributed by atoms with E-state index in [0.29, 0.717) is 0 Å². The highest BCUT2D eigenvalue weighted by Gasteiger charge is 2.09. The monoisotopic (exact) mass is 303 g/mol. The molecule has 1 rings (SSSR count). The molecule has 1 aromatic rings. The van der Waals surface area contributed by atoms with Crippen molar-refractivity contribution in [2.45, 2.75) is 32.0 Å². The lowest BCUT2D eigenvalue weighted by Gasteiger charge is -2.26. The molecule has 0 saturated heterocycles. The van der Waals surface area contributed by atoms with E-state index in [9.17, 15) is 0 Å². The van der Waals surface area contributed by atoms with Crippen molar-refractivity contribution < 1.29 is 0 Å². The third-order valence-electron chi connectivity index (χ3n) is 2.52. The average molecular weight is 305 g/mol. The first-order chi connectivity index (χ1) is 7.72. The quantitative estimate of drug-likeness (QED) is 0.678. The normalized spacial score (nSPS) is 10.5. The zero-order chi connectivity index (χ0) is 12.0. The van der Waals surface area contributed by atoms with Crippen molar-refractivity contribution in [3.8, 4) is 0 Å². The predicted octanol–water partition coefficient (Wildman–Crippen LogP) is 4.86. The standard InChI is InChI=1S/C13H19BrClN/c1-3-7-16(8-4-2)13-9-12(15)6-5-11(13)10-14/h5-6,9H,3-4,7-8,10H2,1-2H3. The van der Waals surface area contributed by atoms with Crippen molar-refractivity contribution in [3.05, 3.63) is 28.8 Å². The van der Waals surface area contributed by atoms with Crippen LogP contribution in [0.3, 0.4) is 0 Å². The molecule has 1 nitrogen and oxygen atoms in total. The summed E-state index contributed by atoms with van der Waals surface area (Å²) < 4.78 is 0. The van der Waals surface area contributed by atoms with Gasteiger partial charge in [-0.1, -0.05) is 47.4 Å². The maximum absolute atomic E-state index is 6.08. The van der Waals surface area contributed by atoms with E-state index in [0.717, 1.165) is 36.3 Å². The lowest BCUT2D eigenvalue weighted by atomic mass is 10.1. The van der Waals surface area contributed by atoms with Gasteiger partial charge in [0.05, 0.1) is 0 Å². The Balaban J connectivity index is 3.00. The summed E-state index contributed by atoms with van der Waals surface area (Å²) in [5.41, 5.74) is 2.58. The van der Waals surface area contributed by atoms with E-state index in [4.69, 9.17) is 11.6 Å². The zero-order valence-electron chi connectivity index (χ0n) is 9.97. The molecule has 16 heavy (non-hydrogen) atoms. The van der Waals surface area contributed by atoms with Gasteiger partial charge in [-0.05, 0) is 30.5 Å². The van der Waals surface area contributed by atoms with E-state index in [1.807, 2.05) is 6.07 Å². The summed E-state index contributed by atoms with van der Waals surface area (Å²) in [5, 5.41) is 1.69. The Labute approximate surface area is 112 Å². The van der Waals surface area contributed by atoms with E-state index < -0.39 is 0 Å². The Hall–Kier alpha value is -0.210. The molecule has 1 aromatic carbocycles. The van der Waals surface area contributed by atoms with Crippen molar-refractivity contribution >= 4 is 33.2 Å². The Morgan fingerprint density at radius 3 is 2.31 bits per heavy atom. The van der Waals surface area contributed by atoms with Crippen LogP contribution in [-0.2, 0) is 5.33 Å². The molecular weight excluding hydrogens is 286 g/mol. The van der Waals surface area contributed by atoms with Crippen molar-refractivity contribution in [1.29, 1.82) is 0 Å². The van der Waals surface area contributed by atoms with Crippen LogP contribution in [0.15, 0.2) is 18.2 Å². The lowest BCUT2D eigenvalue weighted by Crippen LogP contribution is -2.25.